The van der Waals surface area contributed by atoms with Crippen molar-refractivity contribution in [3.05, 3.63) is 24.4 Å². The van der Waals surface area contributed by atoms with Gasteiger partial charge in [0, 0.05) is 5.92 Å². The molecule has 0 unspecified atom stereocenters. The molecule has 122 valence electrons. The second-order valence-electron chi connectivity index (χ2n) is 7.05. The van der Waals surface area contributed by atoms with Crippen molar-refractivity contribution in [3.63, 3.8) is 0 Å². The summed E-state index contributed by atoms with van der Waals surface area (Å²) >= 11 is 0. The van der Waals surface area contributed by atoms with Crippen LogP contribution in [-0.2, 0) is 0 Å². The standard InChI is InChI=1S/C19H36OSi/c1-6-14-21(15-7-2,16-8-3)17(5)18-12-10-11-13-19(18,20)9-4/h9,18,20H,4-8,10-16H2,1-3H3/t18-,19-/m0/s1. The first-order chi connectivity index (χ1) is 9.99. The normalized spacial score (nSPS) is 26.6. The second-order valence-corrected chi connectivity index (χ2v) is 11.8. The molecule has 21 heavy (non-hydrogen) atoms. The van der Waals surface area contributed by atoms with Crippen LogP contribution < -0.4 is 0 Å². The van der Waals surface area contributed by atoms with Gasteiger partial charge in [-0.05, 0) is 12.8 Å². The Balaban J connectivity index is 3.09. The molecule has 0 aromatic rings. The average Bonchev–Trinajstić information content (AvgIpc) is 2.47. The maximum absolute atomic E-state index is 11.0. The fourth-order valence-electron chi connectivity index (χ4n) is 4.56. The number of hydrogen-bond donors (Lipinski definition) is 1. The molecule has 0 radical (unpaired) electrons. The molecule has 0 bridgehead atoms. The Morgan fingerprint density at radius 1 is 1.14 bits per heavy atom. The van der Waals surface area contributed by atoms with E-state index in [1.807, 2.05) is 6.08 Å². The summed E-state index contributed by atoms with van der Waals surface area (Å²) in [7, 11) is -1.49. The van der Waals surface area contributed by atoms with Crippen LogP contribution in [-0.4, -0.2) is 18.8 Å². The van der Waals surface area contributed by atoms with Crippen LogP contribution in [0.2, 0.25) is 18.1 Å². The van der Waals surface area contributed by atoms with Crippen LogP contribution in [0.4, 0.5) is 0 Å². The predicted octanol–water partition coefficient (Wildman–Crippen LogP) is 5.87. The highest BCUT2D eigenvalue weighted by molar-refractivity contribution is 6.86. The summed E-state index contributed by atoms with van der Waals surface area (Å²) in [5.41, 5.74) is -0.692. The van der Waals surface area contributed by atoms with Crippen LogP contribution in [0.3, 0.4) is 0 Å². The van der Waals surface area contributed by atoms with Crippen LogP contribution in [0.15, 0.2) is 24.4 Å². The zero-order chi connectivity index (χ0) is 15.9. The van der Waals surface area contributed by atoms with Gasteiger partial charge in [0.05, 0.1) is 13.7 Å². The molecule has 0 heterocycles. The first kappa shape index (κ1) is 18.7. The van der Waals surface area contributed by atoms with E-state index in [0.717, 1.165) is 19.3 Å². The number of hydrogen-bond acceptors (Lipinski definition) is 1. The summed E-state index contributed by atoms with van der Waals surface area (Å²) < 4.78 is 0. The third kappa shape index (κ3) is 4.10. The van der Waals surface area contributed by atoms with Crippen LogP contribution in [0, 0.1) is 5.92 Å². The van der Waals surface area contributed by atoms with Gasteiger partial charge >= 0.3 is 0 Å². The van der Waals surface area contributed by atoms with E-state index in [2.05, 4.69) is 33.9 Å². The third-order valence-corrected chi connectivity index (χ3v) is 11.6. The van der Waals surface area contributed by atoms with Gasteiger partial charge in [-0.2, -0.15) is 0 Å². The van der Waals surface area contributed by atoms with Gasteiger partial charge in [0.15, 0.2) is 0 Å². The molecular formula is C19H36OSi. The summed E-state index contributed by atoms with van der Waals surface area (Å²) in [6.45, 7) is 15.5. The smallest absolute Gasteiger partial charge is 0.0886 e. The molecule has 0 amide bonds. The minimum atomic E-state index is -1.49. The highest BCUT2D eigenvalue weighted by Gasteiger charge is 2.45. The van der Waals surface area contributed by atoms with Gasteiger partial charge in [0.25, 0.3) is 0 Å². The van der Waals surface area contributed by atoms with Crippen molar-refractivity contribution in [2.24, 2.45) is 5.92 Å². The van der Waals surface area contributed by atoms with E-state index in [1.54, 1.807) is 0 Å². The highest BCUT2D eigenvalue weighted by Crippen LogP contribution is 2.45. The molecular weight excluding hydrogens is 272 g/mol. The lowest BCUT2D eigenvalue weighted by atomic mass is 9.75. The zero-order valence-corrected chi connectivity index (χ0v) is 15.6. The SMILES string of the molecule is C=C[C@]1(O)CCCC[C@H]1C(=C)[Si](CCC)(CCC)CCC. The first-order valence-corrected chi connectivity index (χ1v) is 11.7. The maximum atomic E-state index is 11.0. The first-order valence-electron chi connectivity index (χ1n) is 9.05. The summed E-state index contributed by atoms with van der Waals surface area (Å²) in [6, 6.07) is 4.03. The molecule has 1 saturated carbocycles. The molecule has 0 aliphatic heterocycles. The highest BCUT2D eigenvalue weighted by atomic mass is 28.3. The molecule has 0 aromatic heterocycles. The van der Waals surface area contributed by atoms with Crippen LogP contribution >= 0.6 is 0 Å². The van der Waals surface area contributed by atoms with E-state index in [9.17, 15) is 5.11 Å². The van der Waals surface area contributed by atoms with E-state index in [1.165, 1.54) is 49.0 Å². The molecule has 1 aliphatic rings. The lowest BCUT2D eigenvalue weighted by Crippen LogP contribution is -2.48. The Hall–Kier alpha value is -0.343. The van der Waals surface area contributed by atoms with Gasteiger partial charge in [-0.25, -0.2) is 0 Å². The summed E-state index contributed by atoms with van der Waals surface area (Å²) in [5.74, 6) is 0.264. The number of rotatable bonds is 9. The van der Waals surface area contributed by atoms with Crippen molar-refractivity contribution in [3.8, 4) is 0 Å². The van der Waals surface area contributed by atoms with Crippen molar-refractivity contribution < 1.29 is 5.11 Å². The second kappa shape index (κ2) is 8.33. The van der Waals surface area contributed by atoms with Gasteiger partial charge in [-0.3, -0.25) is 0 Å². The van der Waals surface area contributed by atoms with Crippen LogP contribution in [0.5, 0.6) is 0 Å². The summed E-state index contributed by atoms with van der Waals surface area (Å²) in [4.78, 5) is 0. The topological polar surface area (TPSA) is 20.2 Å². The quantitative estimate of drug-likeness (QED) is 0.417. The minimum absolute atomic E-state index is 0.264. The Kier molecular flexibility index (Phi) is 7.42. The van der Waals surface area contributed by atoms with Crippen molar-refractivity contribution in [1.82, 2.24) is 0 Å². The van der Waals surface area contributed by atoms with Gasteiger partial charge in [0.1, 0.15) is 0 Å². The van der Waals surface area contributed by atoms with Crippen molar-refractivity contribution in [2.75, 3.05) is 0 Å². The average molecular weight is 309 g/mol. The zero-order valence-electron chi connectivity index (χ0n) is 14.6. The molecule has 1 aliphatic carbocycles. The third-order valence-electron chi connectivity index (χ3n) is 5.56. The minimum Gasteiger partial charge on any atom is -0.385 e. The molecule has 1 nitrogen and oxygen atoms in total. The molecule has 1 N–H and O–H groups in total. The van der Waals surface area contributed by atoms with Crippen molar-refractivity contribution >= 4 is 8.07 Å². The fourth-order valence-corrected chi connectivity index (χ4v) is 10.3. The largest absolute Gasteiger partial charge is 0.385 e. The number of aliphatic hydroxyl groups is 1. The molecule has 2 atom stereocenters. The Morgan fingerprint density at radius 3 is 2.10 bits per heavy atom. The van der Waals surface area contributed by atoms with Crippen LogP contribution in [0.1, 0.15) is 65.7 Å². The van der Waals surface area contributed by atoms with E-state index in [0.29, 0.717) is 0 Å². The maximum Gasteiger partial charge on any atom is 0.0886 e. The van der Waals surface area contributed by atoms with Crippen LogP contribution in [0.25, 0.3) is 0 Å². The summed E-state index contributed by atoms with van der Waals surface area (Å²) in [6.07, 6.45) is 9.90. The Bertz CT molecular complexity index is 332. The fraction of sp³-hybridized carbons (Fsp3) is 0.789. The molecule has 1 fully saturated rings. The van der Waals surface area contributed by atoms with Gasteiger partial charge < -0.3 is 5.11 Å². The monoisotopic (exact) mass is 308 g/mol. The van der Waals surface area contributed by atoms with Gasteiger partial charge in [0.2, 0.25) is 0 Å². The molecule has 0 aromatic carbocycles. The Labute approximate surface area is 133 Å². The van der Waals surface area contributed by atoms with E-state index < -0.39 is 13.7 Å². The van der Waals surface area contributed by atoms with E-state index in [4.69, 9.17) is 0 Å². The van der Waals surface area contributed by atoms with Gasteiger partial charge in [-0.1, -0.05) is 82.3 Å². The lowest BCUT2D eigenvalue weighted by molar-refractivity contribution is 0.0136. The Morgan fingerprint density at radius 2 is 1.67 bits per heavy atom. The summed E-state index contributed by atoms with van der Waals surface area (Å²) in [5, 5.41) is 12.5. The van der Waals surface area contributed by atoms with E-state index in [-0.39, 0.29) is 5.92 Å². The van der Waals surface area contributed by atoms with E-state index >= 15 is 0 Å². The molecule has 2 heteroatoms. The lowest BCUT2D eigenvalue weighted by Gasteiger charge is -2.45. The van der Waals surface area contributed by atoms with Gasteiger partial charge in [-0.15, -0.1) is 13.2 Å². The predicted molar refractivity (Wildman–Crippen MR) is 97.3 cm³/mol. The molecule has 1 rings (SSSR count). The molecule has 0 spiro atoms. The van der Waals surface area contributed by atoms with Crippen molar-refractivity contribution in [2.45, 2.75) is 89.5 Å². The van der Waals surface area contributed by atoms with Crippen molar-refractivity contribution in [1.29, 1.82) is 0 Å². The molecule has 0 saturated heterocycles.